The van der Waals surface area contributed by atoms with E-state index in [-0.39, 0.29) is 39.5 Å². The van der Waals surface area contributed by atoms with Gasteiger partial charge in [0.05, 0.1) is 22.5 Å². The molecule has 0 spiro atoms. The molecule has 40 heavy (non-hydrogen) atoms. The van der Waals surface area contributed by atoms with E-state index >= 15 is 0 Å². The van der Waals surface area contributed by atoms with Crippen LogP contribution in [0.15, 0.2) is 65.6 Å². The van der Waals surface area contributed by atoms with Gasteiger partial charge in [0.25, 0.3) is 0 Å². The molecule has 5 rings (SSSR count). The molecule has 0 bridgehead atoms. The van der Waals surface area contributed by atoms with E-state index in [1.54, 1.807) is 30.3 Å². The molecule has 0 unspecified atom stereocenters. The normalized spacial score (nSPS) is 12.7. The van der Waals surface area contributed by atoms with Crippen LogP contribution in [0.4, 0.5) is 17.1 Å². The molecule has 0 atom stereocenters. The molecule has 0 amide bonds. The Morgan fingerprint density at radius 2 is 1.45 bits per heavy atom. The molecule has 0 aliphatic heterocycles. The van der Waals surface area contributed by atoms with Crippen molar-refractivity contribution in [3.05, 3.63) is 105 Å². The highest BCUT2D eigenvalue weighted by atomic mass is 32.2. The van der Waals surface area contributed by atoms with Crippen LogP contribution in [0.25, 0.3) is 0 Å². The van der Waals surface area contributed by atoms with Crippen molar-refractivity contribution in [2.24, 2.45) is 0 Å². The first-order valence-corrected chi connectivity index (χ1v) is 13.8. The van der Waals surface area contributed by atoms with Crippen LogP contribution in [0.3, 0.4) is 0 Å². The average Bonchev–Trinajstić information content (AvgIpc) is 2.91. The first-order chi connectivity index (χ1) is 18.9. The van der Waals surface area contributed by atoms with E-state index in [0.29, 0.717) is 34.6 Å². The first kappa shape index (κ1) is 27.5. The van der Waals surface area contributed by atoms with Crippen molar-refractivity contribution < 1.29 is 18.9 Å². The minimum Gasteiger partial charge on any atom is -0.455 e. The zero-order chi connectivity index (χ0) is 28.9. The maximum absolute atomic E-state index is 13.8. The van der Waals surface area contributed by atoms with Crippen molar-refractivity contribution in [3.8, 4) is 11.5 Å². The highest BCUT2D eigenvalue weighted by Gasteiger charge is 2.35. The Morgan fingerprint density at radius 1 is 0.850 bits per heavy atom. The predicted octanol–water partition coefficient (Wildman–Crippen LogP) is 8.37. The van der Waals surface area contributed by atoms with E-state index in [1.807, 2.05) is 51.1 Å². The van der Waals surface area contributed by atoms with Crippen LogP contribution in [0.2, 0.25) is 0 Å². The monoisotopic (exact) mass is 552 g/mol. The summed E-state index contributed by atoms with van der Waals surface area (Å²) in [6, 6.07) is 18.1. The molecular formula is C33H32N2O4S. The van der Waals surface area contributed by atoms with Crippen LogP contribution >= 0.6 is 12.0 Å². The van der Waals surface area contributed by atoms with Gasteiger partial charge < -0.3 is 20.3 Å². The number of nitrogen functional groups attached to an aromatic ring is 1. The first-order valence-electron chi connectivity index (χ1n) is 13.0. The van der Waals surface area contributed by atoms with Crippen molar-refractivity contribution >= 4 is 40.7 Å². The number of carbonyl (C=O) groups is 2. The Balaban J connectivity index is 1.70. The van der Waals surface area contributed by atoms with Crippen molar-refractivity contribution in [1.82, 2.24) is 0 Å². The van der Waals surface area contributed by atoms with Crippen LogP contribution in [0, 0.1) is 20.8 Å². The summed E-state index contributed by atoms with van der Waals surface area (Å²) >= 11 is 0.680. The fourth-order valence-electron chi connectivity index (χ4n) is 5.26. The van der Waals surface area contributed by atoms with Crippen molar-refractivity contribution in [2.75, 3.05) is 11.1 Å². The number of hydrogen-bond acceptors (Lipinski definition) is 7. The smallest absolute Gasteiger partial charge is 0.196 e. The van der Waals surface area contributed by atoms with Gasteiger partial charge in [-0.3, -0.25) is 9.59 Å². The van der Waals surface area contributed by atoms with E-state index in [9.17, 15) is 14.1 Å². The molecule has 6 nitrogen and oxygen atoms in total. The molecule has 1 aliphatic carbocycles. The highest BCUT2D eigenvalue weighted by Crippen LogP contribution is 2.44. The third-order valence-corrected chi connectivity index (χ3v) is 8.21. The van der Waals surface area contributed by atoms with E-state index in [0.717, 1.165) is 32.8 Å². The fourth-order valence-corrected chi connectivity index (χ4v) is 5.70. The lowest BCUT2D eigenvalue weighted by Gasteiger charge is -2.25. The van der Waals surface area contributed by atoms with Crippen LogP contribution in [-0.2, 0) is 5.41 Å². The summed E-state index contributed by atoms with van der Waals surface area (Å²) in [6.45, 7) is 12.2. The van der Waals surface area contributed by atoms with Gasteiger partial charge in [0.2, 0.25) is 0 Å². The molecule has 4 aromatic carbocycles. The zero-order valence-electron chi connectivity index (χ0n) is 23.4. The van der Waals surface area contributed by atoms with Crippen molar-refractivity contribution in [1.29, 1.82) is 0 Å². The molecule has 0 radical (unpaired) electrons. The van der Waals surface area contributed by atoms with Gasteiger partial charge in [-0.15, -0.1) is 0 Å². The van der Waals surface area contributed by atoms with E-state index < -0.39 is 0 Å². The lowest BCUT2D eigenvalue weighted by molar-refractivity contribution is 0.0980. The van der Waals surface area contributed by atoms with Gasteiger partial charge in [0.1, 0.15) is 5.75 Å². The van der Waals surface area contributed by atoms with Crippen molar-refractivity contribution in [2.45, 2.75) is 51.9 Å². The van der Waals surface area contributed by atoms with Gasteiger partial charge in [-0.25, -0.2) is 0 Å². The molecule has 0 saturated carbocycles. The molecule has 0 saturated heterocycles. The molecule has 7 heteroatoms. The zero-order valence-corrected chi connectivity index (χ0v) is 24.2. The summed E-state index contributed by atoms with van der Waals surface area (Å²) < 4.78 is 16.2. The minimum atomic E-state index is -0.330. The Bertz CT molecular complexity index is 1680. The highest BCUT2D eigenvalue weighted by molar-refractivity contribution is 7.93. The molecule has 0 fully saturated rings. The topological polar surface area (TPSA) is 102 Å². The quantitative estimate of drug-likeness (QED) is 0.149. The third kappa shape index (κ3) is 4.65. The van der Waals surface area contributed by atoms with E-state index in [1.165, 1.54) is 0 Å². The summed E-state index contributed by atoms with van der Waals surface area (Å²) in [7, 11) is 0. The Kier molecular flexibility index (Phi) is 6.98. The molecule has 0 heterocycles. The Morgan fingerprint density at radius 3 is 2.02 bits per heavy atom. The average molecular weight is 553 g/mol. The van der Waals surface area contributed by atoms with Gasteiger partial charge in [-0.1, -0.05) is 63.2 Å². The second kappa shape index (κ2) is 10.2. The van der Waals surface area contributed by atoms with Crippen LogP contribution in [0.1, 0.15) is 74.9 Å². The molecular weight excluding hydrogens is 520 g/mol. The summed E-state index contributed by atoms with van der Waals surface area (Å²) in [4.78, 5) is 28.3. The van der Waals surface area contributed by atoms with Gasteiger partial charge >= 0.3 is 0 Å². The lowest BCUT2D eigenvalue weighted by Crippen LogP contribution is -2.24. The molecule has 204 valence electrons. The van der Waals surface area contributed by atoms with E-state index in [2.05, 4.69) is 26.1 Å². The second-order valence-corrected chi connectivity index (χ2v) is 11.8. The summed E-state index contributed by atoms with van der Waals surface area (Å²) in [5.41, 5.74) is 12.6. The van der Waals surface area contributed by atoms with Gasteiger partial charge in [-0.2, -0.15) is 0 Å². The van der Waals surface area contributed by atoms with E-state index in [4.69, 9.17) is 10.5 Å². The van der Waals surface area contributed by atoms with Crippen molar-refractivity contribution in [3.63, 3.8) is 0 Å². The number of rotatable bonds is 5. The summed E-state index contributed by atoms with van der Waals surface area (Å²) in [5, 5.41) is 3.40. The number of ether oxygens (including phenoxy) is 1. The Hall–Kier alpha value is -4.07. The maximum Gasteiger partial charge on any atom is 0.196 e. The largest absolute Gasteiger partial charge is 0.455 e. The molecule has 4 N–H and O–H groups in total. The van der Waals surface area contributed by atoms with Crippen LogP contribution in [0.5, 0.6) is 11.5 Å². The number of fused-ring (bicyclic) bond motifs is 2. The van der Waals surface area contributed by atoms with Gasteiger partial charge in [-0.05, 0) is 60.6 Å². The molecule has 0 aromatic heterocycles. The minimum absolute atomic E-state index is 0.0178. The third-order valence-electron chi connectivity index (χ3n) is 7.40. The van der Waals surface area contributed by atoms with Crippen LogP contribution < -0.4 is 15.8 Å². The number of ketones is 2. The van der Waals surface area contributed by atoms with Gasteiger partial charge in [0, 0.05) is 39.8 Å². The standard InChI is InChI=1S/C33H32N2O4S/c1-17-15-18(2)32(40-38)19(3)29(17)35-24-16-25(39-21-13-11-20(12-14-21)33(4,5)6)28(34)27-26(24)30(36)22-9-7-8-10-23(22)31(27)37/h7-16,35,38H,34H2,1-6H3. The number of aryl methyl sites for hydroxylation is 2. The number of carbonyl (C=O) groups excluding carboxylic acids is 2. The lowest BCUT2D eigenvalue weighted by atomic mass is 9.82. The second-order valence-electron chi connectivity index (χ2n) is 11.2. The number of nitrogens with one attached hydrogen (secondary N) is 1. The molecule has 4 aromatic rings. The Labute approximate surface area is 238 Å². The van der Waals surface area contributed by atoms with Gasteiger partial charge in [0.15, 0.2) is 17.3 Å². The fraction of sp³-hybridized carbons (Fsp3) is 0.212. The number of nitrogens with two attached hydrogens (primary N) is 1. The maximum atomic E-state index is 13.8. The number of benzene rings is 4. The number of anilines is 3. The summed E-state index contributed by atoms with van der Waals surface area (Å²) in [5.74, 6) is 0.203. The predicted molar refractivity (Wildman–Crippen MR) is 162 cm³/mol. The van der Waals surface area contributed by atoms with Crippen LogP contribution in [-0.4, -0.2) is 16.1 Å². The SMILES string of the molecule is Cc1cc(C)c(SO)c(C)c1Nc1cc(Oc2ccc(C(C)(C)C)cc2)c(N)c2c1C(=O)c1ccccc1C2=O. The summed E-state index contributed by atoms with van der Waals surface area (Å²) in [6.07, 6.45) is 0. The molecule has 1 aliphatic rings. The number of hydrogen-bond donors (Lipinski definition) is 3.